The molecule has 1 aromatic carbocycles. The summed E-state index contributed by atoms with van der Waals surface area (Å²) in [5.41, 5.74) is 1.21. The normalized spacial score (nSPS) is 11.9. The van der Waals surface area contributed by atoms with Crippen LogP contribution in [-0.4, -0.2) is 29.8 Å². The molecule has 1 unspecified atom stereocenters. The Morgan fingerprint density at radius 2 is 1.31 bits per heavy atom. The van der Waals surface area contributed by atoms with Gasteiger partial charge in [0.15, 0.2) is 0 Å². The predicted molar refractivity (Wildman–Crippen MR) is 129 cm³/mol. The summed E-state index contributed by atoms with van der Waals surface area (Å²) in [6, 6.07) is 10.3. The molecule has 5 nitrogen and oxygen atoms in total. The zero-order valence-electron chi connectivity index (χ0n) is 20.1. The van der Waals surface area contributed by atoms with E-state index >= 15 is 0 Å². The molecular formula is C27H44O5. The maximum Gasteiger partial charge on any atom is 0.303 e. The zero-order valence-corrected chi connectivity index (χ0v) is 20.1. The average Bonchev–Trinajstić information content (AvgIpc) is 2.77. The second-order valence-corrected chi connectivity index (χ2v) is 8.72. The van der Waals surface area contributed by atoms with Crippen LogP contribution >= 0.6 is 0 Å². The third-order valence-corrected chi connectivity index (χ3v) is 5.72. The molecule has 0 saturated carbocycles. The first-order valence-electron chi connectivity index (χ1n) is 12.6. The molecule has 0 radical (unpaired) electrons. The number of hydrogen-bond donors (Lipinski definition) is 1. The maximum atomic E-state index is 10.9. The Kier molecular flexibility index (Phi) is 17.4. The van der Waals surface area contributed by atoms with Crippen molar-refractivity contribution in [2.75, 3.05) is 6.61 Å². The van der Waals surface area contributed by atoms with Gasteiger partial charge in [0, 0.05) is 13.3 Å². The number of aliphatic carboxylic acids is 1. The van der Waals surface area contributed by atoms with E-state index in [-0.39, 0.29) is 12.1 Å². The quantitative estimate of drug-likeness (QED) is 0.161. The first kappa shape index (κ1) is 28.2. The van der Waals surface area contributed by atoms with Crippen molar-refractivity contribution in [3.63, 3.8) is 0 Å². The van der Waals surface area contributed by atoms with Gasteiger partial charge >= 0.3 is 11.9 Å². The minimum absolute atomic E-state index is 0.208. The Balaban J connectivity index is 2.10. The van der Waals surface area contributed by atoms with Crippen molar-refractivity contribution in [3.8, 4) is 0 Å². The fourth-order valence-electron chi connectivity index (χ4n) is 3.85. The Morgan fingerprint density at radius 3 is 1.88 bits per heavy atom. The van der Waals surface area contributed by atoms with Crippen LogP contribution in [0.3, 0.4) is 0 Å². The molecule has 182 valence electrons. The lowest BCUT2D eigenvalue weighted by atomic mass is 10.0. The fourth-order valence-corrected chi connectivity index (χ4v) is 3.85. The number of carbonyl (C=O) groups is 2. The molecule has 1 aromatic rings. The number of carboxylic acid groups (broad SMARTS) is 1. The Labute approximate surface area is 194 Å². The number of carbonyl (C=O) groups excluding carboxylic acids is 1. The molecule has 0 aliphatic heterocycles. The predicted octanol–water partition coefficient (Wildman–Crippen LogP) is 7.07. The van der Waals surface area contributed by atoms with Gasteiger partial charge in [-0.1, -0.05) is 88.1 Å². The largest absolute Gasteiger partial charge is 0.481 e. The van der Waals surface area contributed by atoms with E-state index in [9.17, 15) is 9.59 Å². The van der Waals surface area contributed by atoms with E-state index in [1.807, 2.05) is 18.2 Å². The van der Waals surface area contributed by atoms with Gasteiger partial charge in [-0.25, -0.2) is 0 Å². The number of esters is 1. The highest BCUT2D eigenvalue weighted by Gasteiger charge is 2.10. The smallest absolute Gasteiger partial charge is 0.303 e. The van der Waals surface area contributed by atoms with E-state index in [0.717, 1.165) is 44.9 Å². The van der Waals surface area contributed by atoms with Crippen molar-refractivity contribution in [1.29, 1.82) is 0 Å². The molecule has 0 heterocycles. The van der Waals surface area contributed by atoms with Crippen molar-refractivity contribution in [2.45, 2.75) is 116 Å². The summed E-state index contributed by atoms with van der Waals surface area (Å²) in [4.78, 5) is 21.4. The van der Waals surface area contributed by atoms with E-state index in [0.29, 0.717) is 19.6 Å². The van der Waals surface area contributed by atoms with E-state index in [2.05, 4.69) is 12.1 Å². The highest BCUT2D eigenvalue weighted by molar-refractivity contribution is 5.66. The topological polar surface area (TPSA) is 72.8 Å². The summed E-state index contributed by atoms with van der Waals surface area (Å²) in [5.74, 6) is -0.889. The van der Waals surface area contributed by atoms with Crippen LogP contribution in [-0.2, 0) is 25.7 Å². The van der Waals surface area contributed by atoms with Gasteiger partial charge in [-0.15, -0.1) is 0 Å². The number of rotatable bonds is 21. The van der Waals surface area contributed by atoms with Gasteiger partial charge in [-0.05, 0) is 37.7 Å². The highest BCUT2D eigenvalue weighted by atomic mass is 16.5. The number of carboxylic acids is 1. The highest BCUT2D eigenvalue weighted by Crippen LogP contribution is 2.17. The molecule has 5 heteroatoms. The van der Waals surface area contributed by atoms with Gasteiger partial charge in [0.25, 0.3) is 0 Å². The molecule has 1 rings (SSSR count). The molecule has 1 N–H and O–H groups in total. The molecule has 1 atom stereocenters. The third kappa shape index (κ3) is 17.8. The zero-order chi connectivity index (χ0) is 23.3. The molecule has 0 saturated heterocycles. The SMILES string of the molecule is CC(=O)OCCCCC(CCCCCCCCCCCCC(=O)O)OCc1ccccc1. The van der Waals surface area contributed by atoms with Crippen molar-refractivity contribution in [2.24, 2.45) is 0 Å². The number of unbranched alkanes of at least 4 members (excludes halogenated alkanes) is 10. The Bertz CT molecular complexity index is 587. The van der Waals surface area contributed by atoms with Crippen LogP contribution in [0.1, 0.15) is 109 Å². The molecule has 0 aliphatic rings. The van der Waals surface area contributed by atoms with Crippen LogP contribution in [0.25, 0.3) is 0 Å². The summed E-state index contributed by atoms with van der Waals surface area (Å²) in [5, 5.41) is 8.63. The van der Waals surface area contributed by atoms with Crippen molar-refractivity contribution in [1.82, 2.24) is 0 Å². The minimum Gasteiger partial charge on any atom is -0.481 e. The molecule has 0 spiro atoms. The standard InChI is InChI=1S/C27H44O5/c1-24(28)31-22-16-15-20-26(32-23-25-17-11-10-12-18-25)19-13-8-6-4-2-3-5-7-9-14-21-27(29)30/h10-12,17-18,26H,2-9,13-16,19-23H2,1H3,(H,29,30). The molecule has 32 heavy (non-hydrogen) atoms. The molecule has 0 fully saturated rings. The van der Waals surface area contributed by atoms with Gasteiger partial charge in [0.2, 0.25) is 0 Å². The first-order valence-corrected chi connectivity index (χ1v) is 12.6. The monoisotopic (exact) mass is 448 g/mol. The average molecular weight is 449 g/mol. The summed E-state index contributed by atoms with van der Waals surface area (Å²) >= 11 is 0. The van der Waals surface area contributed by atoms with E-state index < -0.39 is 5.97 Å². The minimum atomic E-state index is -0.681. The lowest BCUT2D eigenvalue weighted by Gasteiger charge is -2.18. The van der Waals surface area contributed by atoms with Crippen LogP contribution < -0.4 is 0 Å². The van der Waals surface area contributed by atoms with E-state index in [4.69, 9.17) is 14.6 Å². The van der Waals surface area contributed by atoms with Gasteiger partial charge in [-0.3, -0.25) is 9.59 Å². The lowest BCUT2D eigenvalue weighted by Crippen LogP contribution is -2.13. The van der Waals surface area contributed by atoms with Crippen molar-refractivity contribution in [3.05, 3.63) is 35.9 Å². The van der Waals surface area contributed by atoms with E-state index in [1.165, 1.54) is 57.4 Å². The molecule has 0 amide bonds. The van der Waals surface area contributed by atoms with Crippen LogP contribution in [0.2, 0.25) is 0 Å². The van der Waals surface area contributed by atoms with Gasteiger partial charge < -0.3 is 14.6 Å². The van der Waals surface area contributed by atoms with Gasteiger partial charge in [0.05, 0.1) is 19.3 Å². The third-order valence-electron chi connectivity index (χ3n) is 5.72. The van der Waals surface area contributed by atoms with Crippen LogP contribution in [0, 0.1) is 0 Å². The number of benzene rings is 1. The summed E-state index contributed by atoms with van der Waals surface area (Å²) < 4.78 is 11.2. The molecular weight excluding hydrogens is 404 g/mol. The molecule has 0 bridgehead atoms. The second-order valence-electron chi connectivity index (χ2n) is 8.72. The number of ether oxygens (including phenoxy) is 2. The van der Waals surface area contributed by atoms with Crippen LogP contribution in [0.4, 0.5) is 0 Å². The maximum absolute atomic E-state index is 10.9. The molecule has 0 aromatic heterocycles. The second kappa shape index (κ2) is 19.8. The Morgan fingerprint density at radius 1 is 0.781 bits per heavy atom. The summed E-state index contributed by atoms with van der Waals surface area (Å²) in [7, 11) is 0. The summed E-state index contributed by atoms with van der Waals surface area (Å²) in [6.45, 7) is 2.61. The summed E-state index contributed by atoms with van der Waals surface area (Å²) in [6.07, 6.45) is 16.3. The van der Waals surface area contributed by atoms with Crippen LogP contribution in [0.5, 0.6) is 0 Å². The first-order chi connectivity index (χ1) is 15.6. The Hall–Kier alpha value is -1.88. The van der Waals surface area contributed by atoms with Gasteiger partial charge in [0.1, 0.15) is 0 Å². The van der Waals surface area contributed by atoms with E-state index in [1.54, 1.807) is 0 Å². The van der Waals surface area contributed by atoms with Crippen molar-refractivity contribution < 1.29 is 24.2 Å². The molecule has 0 aliphatic carbocycles. The fraction of sp³-hybridized carbons (Fsp3) is 0.704. The van der Waals surface area contributed by atoms with Gasteiger partial charge in [-0.2, -0.15) is 0 Å². The number of hydrogen-bond acceptors (Lipinski definition) is 4. The van der Waals surface area contributed by atoms with Crippen LogP contribution in [0.15, 0.2) is 30.3 Å². The lowest BCUT2D eigenvalue weighted by molar-refractivity contribution is -0.141. The van der Waals surface area contributed by atoms with Crippen molar-refractivity contribution >= 4 is 11.9 Å².